The summed E-state index contributed by atoms with van der Waals surface area (Å²) in [5.74, 6) is 2.24. The number of carbonyl (C=O) groups is 1. The van der Waals surface area contributed by atoms with Gasteiger partial charge in [0, 0.05) is 6.42 Å². The number of carbonyl (C=O) groups excluding carboxylic acids is 1. The lowest BCUT2D eigenvalue weighted by atomic mass is 9.61. The summed E-state index contributed by atoms with van der Waals surface area (Å²) in [4.78, 5) is 12.3. The molecule has 1 aliphatic heterocycles. The first-order valence-corrected chi connectivity index (χ1v) is 15.0. The van der Waals surface area contributed by atoms with E-state index in [1.165, 1.54) is 6.42 Å². The summed E-state index contributed by atoms with van der Waals surface area (Å²) in [6.45, 7) is 15.8. The molecule has 0 aromatic carbocycles. The zero-order valence-electron chi connectivity index (χ0n) is 20.2. The van der Waals surface area contributed by atoms with E-state index in [1.54, 1.807) is 0 Å². The van der Waals surface area contributed by atoms with E-state index in [1.807, 2.05) is 0 Å². The van der Waals surface area contributed by atoms with Crippen LogP contribution in [0.1, 0.15) is 73.1 Å². The van der Waals surface area contributed by atoms with Crippen molar-refractivity contribution in [2.24, 2.45) is 29.6 Å². The maximum absolute atomic E-state index is 12.3. The summed E-state index contributed by atoms with van der Waals surface area (Å²) in [7, 11) is -1.91. The van der Waals surface area contributed by atoms with Crippen LogP contribution in [0, 0.1) is 29.6 Å². The highest BCUT2D eigenvalue weighted by Crippen LogP contribution is 2.47. The summed E-state index contributed by atoms with van der Waals surface area (Å²) >= 11 is 0. The molecule has 0 amide bonds. The van der Waals surface area contributed by atoms with Gasteiger partial charge in [-0.15, -0.1) is 0 Å². The second kappa shape index (κ2) is 9.07. The molecule has 172 valence electrons. The van der Waals surface area contributed by atoms with Gasteiger partial charge >= 0.3 is 5.97 Å². The van der Waals surface area contributed by atoms with Crippen LogP contribution in [-0.4, -0.2) is 37.7 Å². The highest BCUT2D eigenvalue weighted by molar-refractivity contribution is 6.74. The van der Waals surface area contributed by atoms with E-state index >= 15 is 0 Å². The van der Waals surface area contributed by atoms with E-state index in [0.717, 1.165) is 25.7 Å². The third kappa shape index (κ3) is 5.39. The predicted molar refractivity (Wildman–Crippen MR) is 124 cm³/mol. The Balaban J connectivity index is 1.62. The average molecular weight is 437 g/mol. The summed E-state index contributed by atoms with van der Waals surface area (Å²) in [5, 5.41) is 11.0. The minimum atomic E-state index is -1.91. The minimum Gasteiger partial charge on any atom is -0.462 e. The summed E-state index contributed by atoms with van der Waals surface area (Å²) < 4.78 is 12.3. The van der Waals surface area contributed by atoms with Crippen molar-refractivity contribution in [2.45, 2.75) is 110 Å². The minimum absolute atomic E-state index is 0.0188. The summed E-state index contributed by atoms with van der Waals surface area (Å²) in [6, 6.07) is 0. The molecular formula is C25H44O4Si. The molecule has 1 heterocycles. The lowest BCUT2D eigenvalue weighted by Crippen LogP contribution is -2.47. The topological polar surface area (TPSA) is 55.8 Å². The molecule has 0 bridgehead atoms. The number of hydrogen-bond donors (Lipinski definition) is 1. The average Bonchev–Trinajstić information content (AvgIpc) is 2.59. The predicted octanol–water partition coefficient (Wildman–Crippen LogP) is 5.71. The summed E-state index contributed by atoms with van der Waals surface area (Å²) in [5.41, 5.74) is 0. The summed E-state index contributed by atoms with van der Waals surface area (Å²) in [6.07, 6.45) is 9.59. The number of allylic oxidation sites excluding steroid dienone is 2. The normalized spacial score (nSPS) is 40.1. The third-order valence-electron chi connectivity index (χ3n) is 8.40. The first kappa shape index (κ1) is 24.0. The van der Waals surface area contributed by atoms with Gasteiger partial charge in [0.1, 0.15) is 6.10 Å². The van der Waals surface area contributed by atoms with Gasteiger partial charge in [-0.2, -0.15) is 0 Å². The Labute approximate surface area is 184 Å². The number of aliphatic hydroxyl groups excluding tert-OH is 1. The molecule has 2 aliphatic carbocycles. The lowest BCUT2D eigenvalue weighted by Gasteiger charge is -2.46. The Morgan fingerprint density at radius 1 is 1.13 bits per heavy atom. The van der Waals surface area contributed by atoms with Crippen molar-refractivity contribution in [3.05, 3.63) is 12.2 Å². The maximum Gasteiger partial charge on any atom is 0.308 e. The monoisotopic (exact) mass is 436 g/mol. The molecule has 0 aromatic rings. The van der Waals surface area contributed by atoms with Crippen LogP contribution in [0.5, 0.6) is 0 Å². The molecule has 0 aromatic heterocycles. The van der Waals surface area contributed by atoms with Gasteiger partial charge in [0.05, 0.1) is 18.6 Å². The second-order valence-corrected chi connectivity index (χ2v) is 16.7. The van der Waals surface area contributed by atoms with Crippen molar-refractivity contribution < 1.29 is 19.1 Å². The number of esters is 1. The van der Waals surface area contributed by atoms with Crippen molar-refractivity contribution in [3.8, 4) is 0 Å². The van der Waals surface area contributed by atoms with Gasteiger partial charge in [-0.25, -0.2) is 0 Å². The lowest BCUT2D eigenvalue weighted by molar-refractivity contribution is -0.160. The van der Waals surface area contributed by atoms with Crippen LogP contribution in [0.25, 0.3) is 0 Å². The van der Waals surface area contributed by atoms with E-state index in [4.69, 9.17) is 9.16 Å². The number of hydrogen-bond acceptors (Lipinski definition) is 4. The SMILES string of the molecule is C[C@@H]1C[C@H](O)[C@@H]2[C@@H](CC[C@@H]3C[C@@H](O[Si](C)(C)C(C)(C)C)CC(=O)O3)[C@@H](C)C=C[C@H]2C1. The first-order chi connectivity index (χ1) is 13.9. The van der Waals surface area contributed by atoms with E-state index < -0.39 is 8.32 Å². The fourth-order valence-corrected chi connectivity index (χ4v) is 7.10. The van der Waals surface area contributed by atoms with Gasteiger partial charge < -0.3 is 14.3 Å². The molecule has 2 fully saturated rings. The van der Waals surface area contributed by atoms with E-state index in [2.05, 4.69) is 59.9 Å². The Bertz CT molecular complexity index is 638. The van der Waals surface area contributed by atoms with Gasteiger partial charge in [-0.05, 0) is 73.4 Å². The molecule has 0 radical (unpaired) electrons. The van der Waals surface area contributed by atoms with Crippen LogP contribution in [0.4, 0.5) is 0 Å². The van der Waals surface area contributed by atoms with Crippen LogP contribution in [0.3, 0.4) is 0 Å². The largest absolute Gasteiger partial charge is 0.462 e. The number of rotatable bonds is 5. The fourth-order valence-electron chi connectivity index (χ4n) is 5.73. The Hall–Kier alpha value is -0.653. The molecular weight excluding hydrogens is 392 g/mol. The Kier molecular flexibility index (Phi) is 7.26. The molecule has 0 spiro atoms. The number of ether oxygens (including phenoxy) is 1. The zero-order chi connectivity index (χ0) is 22.3. The maximum atomic E-state index is 12.3. The standard InChI is InChI=1S/C25H44O4Si/c1-16-12-18-9-8-17(2)21(24(18)22(26)13-16)11-10-19-14-20(15-23(27)28-19)29-30(6,7)25(3,4)5/h8-9,16-22,24,26H,10-15H2,1-7H3/t16-,17-,18-,19+,20+,21-,22-,24-/m0/s1. The third-order valence-corrected chi connectivity index (χ3v) is 12.9. The Morgan fingerprint density at radius 2 is 1.83 bits per heavy atom. The molecule has 0 unspecified atom stereocenters. The van der Waals surface area contributed by atoms with E-state index in [9.17, 15) is 9.90 Å². The molecule has 8 atom stereocenters. The molecule has 1 saturated heterocycles. The Morgan fingerprint density at radius 3 is 2.50 bits per heavy atom. The van der Waals surface area contributed by atoms with Crippen LogP contribution in [0.2, 0.25) is 18.1 Å². The van der Waals surface area contributed by atoms with Crippen molar-refractivity contribution in [3.63, 3.8) is 0 Å². The second-order valence-electron chi connectivity index (χ2n) is 11.9. The fraction of sp³-hybridized carbons (Fsp3) is 0.880. The van der Waals surface area contributed by atoms with Crippen LogP contribution in [0.15, 0.2) is 12.2 Å². The van der Waals surface area contributed by atoms with Crippen LogP contribution in [-0.2, 0) is 14.0 Å². The quantitative estimate of drug-likeness (QED) is 0.341. The van der Waals surface area contributed by atoms with Crippen molar-refractivity contribution in [1.82, 2.24) is 0 Å². The van der Waals surface area contributed by atoms with Gasteiger partial charge in [0.15, 0.2) is 8.32 Å². The van der Waals surface area contributed by atoms with Gasteiger partial charge in [0.2, 0.25) is 0 Å². The molecule has 4 nitrogen and oxygen atoms in total. The van der Waals surface area contributed by atoms with Gasteiger partial charge in [-0.1, -0.05) is 46.8 Å². The van der Waals surface area contributed by atoms with Gasteiger partial charge in [-0.3, -0.25) is 4.79 Å². The van der Waals surface area contributed by atoms with Crippen LogP contribution < -0.4 is 0 Å². The number of cyclic esters (lactones) is 1. The van der Waals surface area contributed by atoms with Crippen molar-refractivity contribution in [1.29, 1.82) is 0 Å². The van der Waals surface area contributed by atoms with Gasteiger partial charge in [0.25, 0.3) is 0 Å². The molecule has 30 heavy (non-hydrogen) atoms. The smallest absolute Gasteiger partial charge is 0.308 e. The van der Waals surface area contributed by atoms with E-state index in [0.29, 0.717) is 36.0 Å². The first-order valence-electron chi connectivity index (χ1n) is 12.1. The molecule has 5 heteroatoms. The number of aliphatic hydroxyl groups is 1. The molecule has 3 rings (SSSR count). The zero-order valence-corrected chi connectivity index (χ0v) is 21.2. The molecule has 1 saturated carbocycles. The number of fused-ring (bicyclic) bond motifs is 1. The van der Waals surface area contributed by atoms with Crippen LogP contribution >= 0.6 is 0 Å². The highest BCUT2D eigenvalue weighted by atomic mass is 28.4. The van der Waals surface area contributed by atoms with Crippen molar-refractivity contribution >= 4 is 14.3 Å². The highest BCUT2D eigenvalue weighted by Gasteiger charge is 2.44. The molecule has 1 N–H and O–H groups in total. The van der Waals surface area contributed by atoms with Crippen molar-refractivity contribution in [2.75, 3.05) is 0 Å². The molecule has 3 aliphatic rings. The van der Waals surface area contributed by atoms with E-state index in [-0.39, 0.29) is 29.3 Å².